The molecule has 8 amide bonds. The van der Waals surface area contributed by atoms with Crippen LogP contribution in [0.2, 0.25) is 0 Å². The summed E-state index contributed by atoms with van der Waals surface area (Å²) in [5.74, 6) is -1.46. The molecule has 9 rings (SSSR count). The van der Waals surface area contributed by atoms with Crippen LogP contribution in [0, 0.1) is 0 Å². The van der Waals surface area contributed by atoms with Gasteiger partial charge >= 0.3 is 0 Å². The Kier molecular flexibility index (Phi) is 12.5. The van der Waals surface area contributed by atoms with Crippen LogP contribution < -0.4 is 35.4 Å². The number of likely N-dealkylation sites (N-methyl/N-ethyl adjacent to an activating group) is 1. The van der Waals surface area contributed by atoms with Gasteiger partial charge in [-0.05, 0) is 62.4 Å². The van der Waals surface area contributed by atoms with Crippen LogP contribution in [0.15, 0.2) is 42.6 Å². The van der Waals surface area contributed by atoms with Crippen LogP contribution in [0.1, 0.15) is 102 Å². The number of hydrogen-bond donors (Lipinski definition) is 3. The number of nitrogens with one attached hydrogen (secondary N) is 3. The molecule has 20 nitrogen and oxygen atoms in total. The summed E-state index contributed by atoms with van der Waals surface area (Å²) in [6.45, 7) is 4.23. The van der Waals surface area contributed by atoms with E-state index >= 15 is 0 Å². The lowest BCUT2D eigenvalue weighted by molar-refractivity contribution is -0.136. The van der Waals surface area contributed by atoms with Crippen LogP contribution >= 0.6 is 0 Å². The molecule has 4 fully saturated rings. The summed E-state index contributed by atoms with van der Waals surface area (Å²) in [4.78, 5) is 124. The van der Waals surface area contributed by atoms with Crippen LogP contribution in [0.3, 0.4) is 0 Å². The molecular weight excluding hydrogens is 863 g/mol. The minimum absolute atomic E-state index is 0.0188. The van der Waals surface area contributed by atoms with E-state index in [1.54, 1.807) is 64.3 Å². The third-order valence-electron chi connectivity index (χ3n) is 14.0. The molecule has 5 aliphatic heterocycles. The average molecular weight is 918 g/mol. The fourth-order valence-electron chi connectivity index (χ4n) is 10.4. The molecule has 6 aliphatic rings. The molecule has 0 spiro atoms. The zero-order chi connectivity index (χ0) is 47.1. The second kappa shape index (κ2) is 18.6. The SMILES string of the molecule is CC[C@@H]1C(=O)N(C)c2cnc(Nc3ccc(C(=O)N[C@H]4CCN(C(=O)CCC(=O)N5CCN(c6cccc7c6C(=O)N(C6CCC(=O)NC6=O)C7=O)CC5)C4)cc3OC)nc2N1C1CCCC1. The molecule has 1 saturated carbocycles. The van der Waals surface area contributed by atoms with E-state index in [0.29, 0.717) is 86.4 Å². The molecule has 20 heteroatoms. The number of carbonyl (C=O) groups is 8. The maximum absolute atomic E-state index is 13.6. The molecule has 3 saturated heterocycles. The first-order chi connectivity index (χ1) is 32.3. The number of amides is 8. The Labute approximate surface area is 387 Å². The number of carbonyl (C=O) groups excluding carboxylic acids is 8. The van der Waals surface area contributed by atoms with E-state index in [1.807, 2.05) is 11.8 Å². The molecule has 3 atom stereocenters. The van der Waals surface area contributed by atoms with Crippen molar-refractivity contribution >= 4 is 76.1 Å². The van der Waals surface area contributed by atoms with Gasteiger partial charge in [0.15, 0.2) is 5.82 Å². The Morgan fingerprint density at radius 3 is 2.33 bits per heavy atom. The smallest absolute Gasteiger partial charge is 0.264 e. The van der Waals surface area contributed by atoms with Crippen molar-refractivity contribution in [1.82, 2.24) is 35.3 Å². The number of likely N-dealkylation sites (tertiary alicyclic amines) is 1. The van der Waals surface area contributed by atoms with Crippen molar-refractivity contribution in [3.8, 4) is 5.75 Å². The van der Waals surface area contributed by atoms with Gasteiger partial charge in [-0.25, -0.2) is 4.98 Å². The lowest BCUT2D eigenvalue weighted by Crippen LogP contribution is -2.55. The molecule has 0 bridgehead atoms. The van der Waals surface area contributed by atoms with Crippen molar-refractivity contribution in [3.63, 3.8) is 0 Å². The first-order valence-corrected chi connectivity index (χ1v) is 23.2. The Balaban J connectivity index is 0.752. The summed E-state index contributed by atoms with van der Waals surface area (Å²) in [6, 6.07) is 8.59. The summed E-state index contributed by atoms with van der Waals surface area (Å²) in [5.41, 5.74) is 2.53. The molecule has 3 aromatic rings. The number of piperazine rings is 1. The van der Waals surface area contributed by atoms with Crippen molar-refractivity contribution in [1.29, 1.82) is 0 Å². The highest BCUT2D eigenvalue weighted by molar-refractivity contribution is 6.25. The predicted octanol–water partition coefficient (Wildman–Crippen LogP) is 2.59. The lowest BCUT2D eigenvalue weighted by Gasteiger charge is -2.43. The highest BCUT2D eigenvalue weighted by atomic mass is 16.5. The summed E-state index contributed by atoms with van der Waals surface area (Å²) < 4.78 is 5.68. The zero-order valence-corrected chi connectivity index (χ0v) is 37.9. The van der Waals surface area contributed by atoms with Gasteiger partial charge in [0.1, 0.15) is 23.5 Å². The Bertz CT molecular complexity index is 2540. The Morgan fingerprint density at radius 1 is 0.866 bits per heavy atom. The zero-order valence-electron chi connectivity index (χ0n) is 37.9. The van der Waals surface area contributed by atoms with Crippen molar-refractivity contribution in [2.45, 2.75) is 95.3 Å². The van der Waals surface area contributed by atoms with Gasteiger partial charge in [-0.2, -0.15) is 4.98 Å². The number of ether oxygens (including phenoxy) is 1. The molecule has 0 radical (unpaired) electrons. The van der Waals surface area contributed by atoms with E-state index in [1.165, 1.54) is 7.11 Å². The normalized spacial score (nSPS) is 22.0. The average Bonchev–Trinajstić information content (AvgIpc) is 4.10. The number of imide groups is 2. The quantitative estimate of drug-likeness (QED) is 0.222. The molecule has 6 heterocycles. The van der Waals surface area contributed by atoms with E-state index in [9.17, 15) is 38.4 Å². The number of aromatic nitrogens is 2. The van der Waals surface area contributed by atoms with Crippen molar-refractivity contribution in [3.05, 3.63) is 59.3 Å². The minimum Gasteiger partial charge on any atom is -0.495 e. The molecule has 1 aliphatic carbocycles. The number of nitrogens with zero attached hydrogens (tertiary/aromatic N) is 8. The third-order valence-corrected chi connectivity index (χ3v) is 14.0. The summed E-state index contributed by atoms with van der Waals surface area (Å²) in [6.07, 6.45) is 7.25. The minimum atomic E-state index is -1.07. The number of hydrogen-bond acceptors (Lipinski definition) is 14. The van der Waals surface area contributed by atoms with E-state index in [0.717, 1.165) is 36.4 Å². The van der Waals surface area contributed by atoms with Gasteiger partial charge in [0.2, 0.25) is 35.5 Å². The van der Waals surface area contributed by atoms with Gasteiger partial charge in [0, 0.05) is 83.2 Å². The largest absolute Gasteiger partial charge is 0.495 e. The molecule has 67 heavy (non-hydrogen) atoms. The fourth-order valence-corrected chi connectivity index (χ4v) is 10.4. The van der Waals surface area contributed by atoms with Crippen molar-refractivity contribution in [2.24, 2.45) is 0 Å². The maximum Gasteiger partial charge on any atom is 0.264 e. The summed E-state index contributed by atoms with van der Waals surface area (Å²) >= 11 is 0. The second-order valence-corrected chi connectivity index (χ2v) is 17.9. The first-order valence-electron chi connectivity index (χ1n) is 23.2. The van der Waals surface area contributed by atoms with Gasteiger partial charge in [-0.3, -0.25) is 48.6 Å². The number of methoxy groups -OCH3 is 1. The molecule has 1 aromatic heterocycles. The lowest BCUT2D eigenvalue weighted by atomic mass is 10.0. The van der Waals surface area contributed by atoms with Gasteiger partial charge in [0.25, 0.3) is 17.7 Å². The van der Waals surface area contributed by atoms with Crippen molar-refractivity contribution < 1.29 is 43.1 Å². The van der Waals surface area contributed by atoms with Gasteiger partial charge < -0.3 is 39.9 Å². The number of anilines is 5. The highest BCUT2D eigenvalue weighted by Gasteiger charge is 2.47. The molecule has 1 unspecified atom stereocenters. The van der Waals surface area contributed by atoms with E-state index in [4.69, 9.17) is 9.72 Å². The number of benzene rings is 2. The number of rotatable bonds is 12. The van der Waals surface area contributed by atoms with E-state index < -0.39 is 29.7 Å². The fraction of sp³-hybridized carbons (Fsp3) is 0.489. The second-order valence-electron chi connectivity index (χ2n) is 17.9. The van der Waals surface area contributed by atoms with Crippen LogP contribution in [0.4, 0.5) is 28.8 Å². The molecule has 3 N–H and O–H groups in total. The first kappa shape index (κ1) is 45.1. The molecular formula is C47H55N11O9. The number of fused-ring (bicyclic) bond motifs is 2. The van der Waals surface area contributed by atoms with Gasteiger partial charge in [0.05, 0.1) is 35.8 Å². The maximum atomic E-state index is 13.6. The van der Waals surface area contributed by atoms with Crippen LogP contribution in [0.5, 0.6) is 5.75 Å². The van der Waals surface area contributed by atoms with E-state index in [2.05, 4.69) is 25.8 Å². The van der Waals surface area contributed by atoms with Crippen LogP contribution in [-0.4, -0.2) is 150 Å². The summed E-state index contributed by atoms with van der Waals surface area (Å²) in [5, 5.41) is 8.50. The predicted molar refractivity (Wildman–Crippen MR) is 244 cm³/mol. The van der Waals surface area contributed by atoms with E-state index in [-0.39, 0.29) is 78.6 Å². The Hall–Kier alpha value is -7.12. The van der Waals surface area contributed by atoms with Crippen molar-refractivity contribution in [2.75, 3.05) is 73.4 Å². The monoisotopic (exact) mass is 917 g/mol. The molecule has 352 valence electrons. The number of piperidine rings is 1. The topological polar surface area (TPSA) is 227 Å². The third kappa shape index (κ3) is 8.59. The standard InChI is InChI=1S/C47H55N11O9/c1-4-32-45(65)53(2)35-25-48-47(52-41(35)57(32)29-8-5-6-9-29)50-31-13-12-27(24-36(31)67-3)42(62)49-28-18-19-56(26-28)39(61)17-16-38(60)55-22-20-54(21-23-55)33-11-7-10-30-40(33)46(66)58(44(30)64)34-14-15-37(59)51-43(34)63/h7,10-13,24-25,28-29,32,34H,4-6,8-9,14-23,26H2,1-3H3,(H,49,62)(H,48,50,52)(H,51,59,63)/t28-,32+,34?/m0/s1. The highest BCUT2D eigenvalue weighted by Crippen LogP contribution is 2.41. The van der Waals surface area contributed by atoms with Gasteiger partial charge in [-0.15, -0.1) is 0 Å². The van der Waals surface area contributed by atoms with Crippen LogP contribution in [-0.2, 0) is 24.0 Å². The van der Waals surface area contributed by atoms with Crippen LogP contribution in [0.25, 0.3) is 0 Å². The van der Waals surface area contributed by atoms with Gasteiger partial charge in [-0.1, -0.05) is 25.8 Å². The Morgan fingerprint density at radius 2 is 1.61 bits per heavy atom. The summed E-state index contributed by atoms with van der Waals surface area (Å²) in [7, 11) is 3.27. The molecule has 2 aromatic carbocycles.